The van der Waals surface area contributed by atoms with Gasteiger partial charge in [0.15, 0.2) is 0 Å². The van der Waals surface area contributed by atoms with Crippen molar-refractivity contribution >= 4 is 9.04 Å². The first-order chi connectivity index (χ1) is 7.88. The first kappa shape index (κ1) is 17.1. The molecule has 0 unspecified atom stereocenters. The molecule has 0 fully saturated rings. The van der Waals surface area contributed by atoms with E-state index in [1.807, 2.05) is 0 Å². The summed E-state index contributed by atoms with van der Waals surface area (Å²) in [6.45, 7) is 14.8. The first-order valence-electron chi connectivity index (χ1n) is 6.94. The molecule has 0 aromatic carbocycles. The smallest absolute Gasteiger partial charge is 0.220 e. The lowest BCUT2D eigenvalue weighted by molar-refractivity contribution is 0.00589. The maximum atomic E-state index is 5.97. The van der Waals surface area contributed by atoms with E-state index in [2.05, 4.69) is 41.5 Å². The van der Waals surface area contributed by atoms with Gasteiger partial charge in [0.25, 0.3) is 0 Å². The molecule has 0 amide bonds. The van der Waals surface area contributed by atoms with Crippen molar-refractivity contribution in [3.8, 4) is 0 Å². The Morgan fingerprint density at radius 2 is 1.82 bits per heavy atom. The molecule has 1 radical (unpaired) electrons. The van der Waals surface area contributed by atoms with Gasteiger partial charge in [0, 0.05) is 6.61 Å². The molecule has 3 heteroatoms. The molecule has 0 atom stereocenters. The lowest BCUT2D eigenvalue weighted by atomic mass is 10.1. The maximum absolute atomic E-state index is 5.97. The Hall–Kier alpha value is 0.137. The second kappa shape index (κ2) is 9.12. The van der Waals surface area contributed by atoms with Gasteiger partial charge in [-0.3, -0.25) is 0 Å². The molecule has 0 saturated carbocycles. The normalized spacial score (nSPS) is 12.7. The number of ether oxygens (including phenoxy) is 1. The third-order valence-electron chi connectivity index (χ3n) is 2.75. The van der Waals surface area contributed by atoms with E-state index >= 15 is 0 Å². The minimum Gasteiger partial charge on any atom is -0.394 e. The standard InChI is InChI=1S/C14H31O2Si/c1-7-8-11-17(14(4,5)6)16-12-15-10-9-13(2)3/h13H,7-12H2,1-6H3. The molecular weight excluding hydrogens is 228 g/mol. The second-order valence-electron chi connectivity index (χ2n) is 6.13. The van der Waals surface area contributed by atoms with Gasteiger partial charge in [-0.1, -0.05) is 54.4 Å². The highest BCUT2D eigenvalue weighted by Gasteiger charge is 2.28. The average molecular weight is 259 g/mol. The van der Waals surface area contributed by atoms with Gasteiger partial charge in [-0.2, -0.15) is 0 Å². The van der Waals surface area contributed by atoms with Crippen LogP contribution in [0, 0.1) is 5.92 Å². The Morgan fingerprint density at radius 1 is 1.18 bits per heavy atom. The lowest BCUT2D eigenvalue weighted by Crippen LogP contribution is -2.30. The zero-order valence-electron chi connectivity index (χ0n) is 12.6. The molecule has 0 aromatic heterocycles. The average Bonchev–Trinajstić information content (AvgIpc) is 2.19. The molecule has 0 aliphatic rings. The number of hydrogen-bond donors (Lipinski definition) is 0. The minimum absolute atomic E-state index is 0.307. The van der Waals surface area contributed by atoms with Gasteiger partial charge in [-0.15, -0.1) is 0 Å². The topological polar surface area (TPSA) is 18.5 Å². The predicted molar refractivity (Wildman–Crippen MR) is 76.5 cm³/mol. The van der Waals surface area contributed by atoms with Gasteiger partial charge >= 0.3 is 0 Å². The molecule has 0 spiro atoms. The van der Waals surface area contributed by atoms with E-state index in [1.165, 1.54) is 18.9 Å². The highest BCUT2D eigenvalue weighted by molar-refractivity contribution is 6.55. The van der Waals surface area contributed by atoms with Gasteiger partial charge in [-0.05, 0) is 23.4 Å². The highest BCUT2D eigenvalue weighted by Crippen LogP contribution is 2.30. The van der Waals surface area contributed by atoms with Crippen molar-refractivity contribution in [3.05, 3.63) is 0 Å². The van der Waals surface area contributed by atoms with Gasteiger partial charge in [0.05, 0.1) is 0 Å². The second-order valence-corrected chi connectivity index (χ2v) is 9.26. The molecule has 0 aromatic rings. The SMILES string of the molecule is CCCC[Si](OCOCCC(C)C)C(C)(C)C. The molecule has 0 aliphatic heterocycles. The van der Waals surface area contributed by atoms with Crippen molar-refractivity contribution in [1.29, 1.82) is 0 Å². The summed E-state index contributed by atoms with van der Waals surface area (Å²) in [6.07, 6.45) is 3.65. The van der Waals surface area contributed by atoms with Crippen LogP contribution in [0.5, 0.6) is 0 Å². The van der Waals surface area contributed by atoms with E-state index in [9.17, 15) is 0 Å². The van der Waals surface area contributed by atoms with Gasteiger partial charge in [0.2, 0.25) is 9.04 Å². The molecule has 0 N–H and O–H groups in total. The molecule has 103 valence electrons. The Labute approximate surface area is 110 Å². The third kappa shape index (κ3) is 9.80. The number of rotatable bonds is 9. The molecule has 0 aliphatic carbocycles. The largest absolute Gasteiger partial charge is 0.394 e. The van der Waals surface area contributed by atoms with E-state index in [1.54, 1.807) is 0 Å². The summed E-state index contributed by atoms with van der Waals surface area (Å²) in [6, 6.07) is 1.23. The van der Waals surface area contributed by atoms with E-state index < -0.39 is 9.04 Å². The Kier molecular flexibility index (Phi) is 9.19. The monoisotopic (exact) mass is 259 g/mol. The van der Waals surface area contributed by atoms with Gasteiger partial charge < -0.3 is 9.16 Å². The van der Waals surface area contributed by atoms with Crippen molar-refractivity contribution in [2.75, 3.05) is 13.4 Å². The number of unbranched alkanes of at least 4 members (excludes halogenated alkanes) is 1. The van der Waals surface area contributed by atoms with E-state index in [4.69, 9.17) is 9.16 Å². The summed E-state index contributed by atoms with van der Waals surface area (Å²) >= 11 is 0. The predicted octanol–water partition coefficient (Wildman–Crippen LogP) is 4.61. The van der Waals surface area contributed by atoms with Gasteiger partial charge in [0.1, 0.15) is 6.79 Å². The van der Waals surface area contributed by atoms with Crippen molar-refractivity contribution in [2.24, 2.45) is 5.92 Å². The van der Waals surface area contributed by atoms with Crippen molar-refractivity contribution in [2.45, 2.75) is 71.9 Å². The fourth-order valence-electron chi connectivity index (χ4n) is 1.49. The fourth-order valence-corrected chi connectivity index (χ4v) is 3.72. The Bertz CT molecular complexity index is 176. The van der Waals surface area contributed by atoms with Crippen LogP contribution in [0.3, 0.4) is 0 Å². The van der Waals surface area contributed by atoms with Crippen LogP contribution in [0.4, 0.5) is 0 Å². The summed E-state index contributed by atoms with van der Waals surface area (Å²) in [5.41, 5.74) is 0. The van der Waals surface area contributed by atoms with Crippen LogP contribution in [-0.2, 0) is 9.16 Å². The molecule has 0 saturated heterocycles. The number of hydrogen-bond acceptors (Lipinski definition) is 2. The quantitative estimate of drug-likeness (QED) is 0.342. The molecule has 0 rings (SSSR count). The summed E-state index contributed by atoms with van der Waals surface area (Å²) in [4.78, 5) is 0. The Balaban J connectivity index is 3.76. The van der Waals surface area contributed by atoms with Crippen molar-refractivity contribution in [1.82, 2.24) is 0 Å². The fraction of sp³-hybridized carbons (Fsp3) is 1.00. The molecular formula is C14H31O2Si. The summed E-state index contributed by atoms with van der Waals surface area (Å²) in [5.74, 6) is 0.711. The van der Waals surface area contributed by atoms with Gasteiger partial charge in [-0.25, -0.2) is 0 Å². The summed E-state index contributed by atoms with van der Waals surface area (Å²) in [7, 11) is -0.748. The zero-order valence-corrected chi connectivity index (χ0v) is 13.6. The van der Waals surface area contributed by atoms with E-state index in [-0.39, 0.29) is 0 Å². The molecule has 0 bridgehead atoms. The van der Waals surface area contributed by atoms with Crippen molar-refractivity contribution in [3.63, 3.8) is 0 Å². The van der Waals surface area contributed by atoms with Crippen LogP contribution in [-0.4, -0.2) is 22.4 Å². The van der Waals surface area contributed by atoms with Crippen LogP contribution in [0.15, 0.2) is 0 Å². The third-order valence-corrected chi connectivity index (χ3v) is 5.70. The lowest BCUT2D eigenvalue weighted by Gasteiger charge is -2.28. The van der Waals surface area contributed by atoms with E-state index in [0.29, 0.717) is 17.7 Å². The zero-order chi connectivity index (χ0) is 13.3. The summed E-state index contributed by atoms with van der Waals surface area (Å²) in [5, 5.41) is 0.307. The van der Waals surface area contributed by atoms with Crippen LogP contribution < -0.4 is 0 Å². The minimum atomic E-state index is -0.748. The molecule has 17 heavy (non-hydrogen) atoms. The van der Waals surface area contributed by atoms with Crippen LogP contribution in [0.25, 0.3) is 0 Å². The van der Waals surface area contributed by atoms with E-state index in [0.717, 1.165) is 13.0 Å². The van der Waals surface area contributed by atoms with Crippen molar-refractivity contribution < 1.29 is 9.16 Å². The van der Waals surface area contributed by atoms with Crippen LogP contribution in [0.2, 0.25) is 11.1 Å². The molecule has 2 nitrogen and oxygen atoms in total. The van der Waals surface area contributed by atoms with Crippen LogP contribution in [0.1, 0.15) is 60.8 Å². The van der Waals surface area contributed by atoms with Crippen LogP contribution >= 0.6 is 0 Å². The summed E-state index contributed by atoms with van der Waals surface area (Å²) < 4.78 is 11.5. The highest BCUT2D eigenvalue weighted by atomic mass is 28.3. The Morgan fingerprint density at radius 3 is 2.29 bits per heavy atom. The molecule has 0 heterocycles. The first-order valence-corrected chi connectivity index (χ1v) is 8.56. The maximum Gasteiger partial charge on any atom is 0.220 e.